The minimum Gasteiger partial charge on any atom is -0.366 e. The average Bonchev–Trinajstić information content (AvgIpc) is 4.38. The van der Waals surface area contributed by atoms with Crippen LogP contribution in [-0.2, 0) is 42.7 Å². The highest BCUT2D eigenvalue weighted by atomic mass is 32.2. The summed E-state index contributed by atoms with van der Waals surface area (Å²) in [6.45, 7) is 8.28. The molecule has 3 saturated heterocycles. The van der Waals surface area contributed by atoms with Crippen LogP contribution < -0.4 is 20.0 Å². The van der Waals surface area contributed by atoms with Crippen LogP contribution in [0, 0.1) is 39.9 Å². The molecule has 4 N–H and O–H groups in total. The van der Waals surface area contributed by atoms with Gasteiger partial charge in [0.15, 0.2) is 0 Å². The third-order valence-corrected chi connectivity index (χ3v) is 18.3. The van der Waals surface area contributed by atoms with Crippen molar-refractivity contribution in [2.75, 3.05) is 91.4 Å². The van der Waals surface area contributed by atoms with E-state index in [-0.39, 0.29) is 29.7 Å². The van der Waals surface area contributed by atoms with Gasteiger partial charge in [0, 0.05) is 116 Å². The summed E-state index contributed by atoms with van der Waals surface area (Å²) in [5.41, 5.74) is 8.83. The van der Waals surface area contributed by atoms with Crippen LogP contribution in [0.3, 0.4) is 0 Å². The standard InChI is InChI=1S/C15H16N4O.C15H17N3O3S.C14H16N4O2S.C13H13N5/c1-11(20)19-7-6-18(10-12(19)8-16)15-9-17-14-5-3-2-4-13(14)15;1-22(20,21)18-6-4-11(5-7-18)14-12-8-10(9-16)2-3-13(12)17-15(14)19;1-21(19,20)18-7-6-17(10-11(18)8-15)14-9-16-13-5-3-2-4-12(13)14;1-2-4-11-10(3-1)12(7-14-11)17-5-6-18-13(8-17)15-9-16-18/h2-5,9,12,17H,6-7,10H2,1H3;2-3,8,11,14H,4-7H2,1H3,(H,17,19);2-5,9,11,16H,6-7,10H2,1H3;1-4,7,9,14H,5-6,8H2. The number of piperazine rings is 2. The summed E-state index contributed by atoms with van der Waals surface area (Å²) in [6.07, 6.45) is 11.3. The van der Waals surface area contributed by atoms with Crippen molar-refractivity contribution >= 4 is 87.3 Å². The molecule has 0 radical (unpaired) electrons. The number of nitriles is 3. The van der Waals surface area contributed by atoms with Gasteiger partial charge >= 0.3 is 0 Å². The number of amides is 2. The first kappa shape index (κ1) is 55.6. The van der Waals surface area contributed by atoms with Crippen LogP contribution in [0.2, 0.25) is 0 Å². The molecule has 3 unspecified atom stereocenters. The van der Waals surface area contributed by atoms with Gasteiger partial charge in [-0.2, -0.15) is 25.2 Å². The Bertz CT molecular complexity index is 3970. The number of anilines is 4. The maximum Gasteiger partial charge on any atom is 0.232 e. The number of hydrogen-bond acceptors (Lipinski definition) is 14. The number of hydrogen-bond donors (Lipinski definition) is 4. The first-order chi connectivity index (χ1) is 39.0. The number of carbonyl (C=O) groups excluding carboxylic acids is 2. The van der Waals surface area contributed by atoms with E-state index in [1.54, 1.807) is 29.4 Å². The number of H-pyrrole nitrogens is 3. The number of nitrogens with one attached hydrogen (secondary N) is 4. The molecular weight excluding hydrogens is 1070 g/mol. The van der Waals surface area contributed by atoms with Gasteiger partial charge in [0.25, 0.3) is 0 Å². The van der Waals surface area contributed by atoms with Crippen LogP contribution >= 0.6 is 0 Å². The number of sulfonamides is 2. The Morgan fingerprint density at radius 3 is 1.70 bits per heavy atom. The Labute approximate surface area is 469 Å². The van der Waals surface area contributed by atoms with Gasteiger partial charge in [-0.3, -0.25) is 9.59 Å². The molecule has 4 aromatic carbocycles. The lowest BCUT2D eigenvalue weighted by Crippen LogP contribution is -2.54. The summed E-state index contributed by atoms with van der Waals surface area (Å²) < 4.78 is 51.3. The predicted molar refractivity (Wildman–Crippen MR) is 310 cm³/mol. The van der Waals surface area contributed by atoms with E-state index in [1.165, 1.54) is 38.4 Å². The molecule has 4 aromatic heterocycles. The smallest absolute Gasteiger partial charge is 0.232 e. The molecule has 0 bridgehead atoms. The van der Waals surface area contributed by atoms with Gasteiger partial charge in [-0.25, -0.2) is 30.8 Å². The van der Waals surface area contributed by atoms with E-state index in [9.17, 15) is 36.9 Å². The third kappa shape index (κ3) is 11.9. The maximum atomic E-state index is 12.3. The molecule has 2 amide bonds. The Morgan fingerprint density at radius 2 is 1.17 bits per heavy atom. The molecule has 81 heavy (non-hydrogen) atoms. The van der Waals surface area contributed by atoms with Gasteiger partial charge in [-0.05, 0) is 60.7 Å². The fourth-order valence-electron chi connectivity index (χ4n) is 11.6. The number of piperidine rings is 1. The Kier molecular flexibility index (Phi) is 16.2. The van der Waals surface area contributed by atoms with Gasteiger partial charge < -0.3 is 39.9 Å². The zero-order chi connectivity index (χ0) is 57.0. The van der Waals surface area contributed by atoms with Crippen molar-refractivity contribution in [2.24, 2.45) is 5.92 Å². The first-order valence-corrected chi connectivity index (χ1v) is 30.4. The lowest BCUT2D eigenvalue weighted by molar-refractivity contribution is -0.130. The highest BCUT2D eigenvalue weighted by molar-refractivity contribution is 7.88. The summed E-state index contributed by atoms with van der Waals surface area (Å²) in [5.74, 6) is 0.766. The summed E-state index contributed by atoms with van der Waals surface area (Å²) in [6, 6.07) is 35.0. The number of para-hydroxylation sites is 3. The number of aromatic amines is 3. The lowest BCUT2D eigenvalue weighted by Gasteiger charge is -2.38. The molecule has 5 aliphatic rings. The molecule has 0 saturated carbocycles. The summed E-state index contributed by atoms with van der Waals surface area (Å²) in [7, 11) is -6.51. The number of fused-ring (bicyclic) bond motifs is 5. The fraction of sp³-hybridized carbons (Fsp3) is 0.351. The Balaban J connectivity index is 0.000000121. The first-order valence-electron chi connectivity index (χ1n) is 26.7. The van der Waals surface area contributed by atoms with Crippen molar-refractivity contribution in [3.63, 3.8) is 0 Å². The van der Waals surface area contributed by atoms with Crippen LogP contribution in [0.1, 0.15) is 42.6 Å². The van der Waals surface area contributed by atoms with Crippen molar-refractivity contribution in [2.45, 2.75) is 50.9 Å². The zero-order valence-electron chi connectivity index (χ0n) is 45.1. The number of carbonyl (C=O) groups is 2. The molecule has 0 spiro atoms. The molecule has 5 aliphatic heterocycles. The molecule has 24 heteroatoms. The average molecular weight is 1130 g/mol. The van der Waals surface area contributed by atoms with Crippen molar-refractivity contribution in [1.29, 1.82) is 15.8 Å². The summed E-state index contributed by atoms with van der Waals surface area (Å²) in [4.78, 5) is 46.1. The second-order valence-corrected chi connectivity index (χ2v) is 24.5. The third-order valence-electron chi connectivity index (χ3n) is 15.7. The highest BCUT2D eigenvalue weighted by Gasteiger charge is 2.40. The summed E-state index contributed by atoms with van der Waals surface area (Å²) in [5, 5.41) is 38.1. The number of nitrogens with zero attached hydrogens (tertiary/aromatic N) is 12. The molecule has 418 valence electrons. The monoisotopic (exact) mass is 1130 g/mol. The fourth-order valence-corrected chi connectivity index (χ4v) is 13.4. The highest BCUT2D eigenvalue weighted by Crippen LogP contribution is 2.42. The number of rotatable bonds is 6. The molecule has 3 atom stereocenters. The van der Waals surface area contributed by atoms with E-state index < -0.39 is 26.1 Å². The van der Waals surface area contributed by atoms with Crippen LogP contribution in [0.25, 0.3) is 32.7 Å². The molecular formula is C57H62N16O6S2. The molecule has 3 fully saturated rings. The molecule has 8 aromatic rings. The van der Waals surface area contributed by atoms with E-state index in [2.05, 4.69) is 99.8 Å². The van der Waals surface area contributed by atoms with Crippen molar-refractivity contribution < 1.29 is 26.4 Å². The maximum absolute atomic E-state index is 12.3. The summed E-state index contributed by atoms with van der Waals surface area (Å²) >= 11 is 0. The van der Waals surface area contributed by atoms with Gasteiger partial charge in [0.1, 0.15) is 24.2 Å². The number of benzene rings is 4. The molecule has 13 rings (SSSR count). The van der Waals surface area contributed by atoms with Gasteiger partial charge in [0.2, 0.25) is 31.9 Å². The largest absolute Gasteiger partial charge is 0.366 e. The zero-order valence-corrected chi connectivity index (χ0v) is 46.7. The molecule has 9 heterocycles. The minimum atomic E-state index is -3.35. The molecule has 22 nitrogen and oxygen atoms in total. The van der Waals surface area contributed by atoms with E-state index in [1.807, 2.05) is 59.5 Å². The van der Waals surface area contributed by atoms with Crippen LogP contribution in [-0.4, -0.2) is 155 Å². The second kappa shape index (κ2) is 23.5. The van der Waals surface area contributed by atoms with Crippen LogP contribution in [0.4, 0.5) is 22.7 Å². The molecule has 0 aliphatic carbocycles. The van der Waals surface area contributed by atoms with Gasteiger partial charge in [-0.1, -0.05) is 54.6 Å². The van der Waals surface area contributed by atoms with Crippen LogP contribution in [0.5, 0.6) is 0 Å². The Hall–Kier alpha value is -8.73. The quantitative estimate of drug-likeness (QED) is 0.151. The van der Waals surface area contributed by atoms with E-state index in [0.717, 1.165) is 82.7 Å². The van der Waals surface area contributed by atoms with Gasteiger partial charge in [0.05, 0.1) is 78.9 Å². The van der Waals surface area contributed by atoms with E-state index in [0.29, 0.717) is 64.2 Å². The normalized spacial score (nSPS) is 19.6. The SMILES string of the molecule is CC(=O)N1CCN(c2c[nH]c3ccccc23)CC1C#N.CS(=O)(=O)N1CCC(C2C(=O)Nc3ccc(C#N)cc32)CC1.CS(=O)(=O)N1CCN(c2c[nH]c3ccccc23)CC1C#N.c1ccc2c(N3CCn4ncnc4C3)c[nH]c2c1. The van der Waals surface area contributed by atoms with E-state index >= 15 is 0 Å². The van der Waals surface area contributed by atoms with E-state index in [4.69, 9.17) is 5.26 Å². The minimum absolute atomic E-state index is 0.0323. The second-order valence-electron chi connectivity index (χ2n) is 20.6. The topological polar surface area (TPSA) is 283 Å². The van der Waals surface area contributed by atoms with Crippen LogP contribution in [0.15, 0.2) is 116 Å². The van der Waals surface area contributed by atoms with Crippen molar-refractivity contribution in [3.05, 3.63) is 133 Å². The predicted octanol–water partition coefficient (Wildman–Crippen LogP) is 5.92. The van der Waals surface area contributed by atoms with Crippen molar-refractivity contribution in [1.82, 2.24) is 43.2 Å². The Morgan fingerprint density at radius 1 is 0.642 bits per heavy atom. The van der Waals surface area contributed by atoms with Gasteiger partial charge in [-0.15, -0.1) is 0 Å². The number of aromatic nitrogens is 6. The lowest BCUT2D eigenvalue weighted by atomic mass is 9.81. The van der Waals surface area contributed by atoms with Crippen molar-refractivity contribution in [3.8, 4) is 18.2 Å².